The summed E-state index contributed by atoms with van der Waals surface area (Å²) in [6, 6.07) is 6.82. The third-order valence-electron chi connectivity index (χ3n) is 6.00. The third-order valence-corrected chi connectivity index (χ3v) is 9.86. The van der Waals surface area contributed by atoms with E-state index in [1.54, 1.807) is 29.4 Å². The van der Waals surface area contributed by atoms with Crippen LogP contribution < -0.4 is 5.48 Å². The van der Waals surface area contributed by atoms with E-state index in [9.17, 15) is 18.4 Å². The van der Waals surface area contributed by atoms with Gasteiger partial charge in [-0.05, 0) is 49.9 Å². The molecule has 0 aromatic heterocycles. The first kappa shape index (κ1) is 22.2. The van der Waals surface area contributed by atoms with E-state index >= 15 is 0 Å². The molecule has 1 saturated heterocycles. The smallest absolute Gasteiger partial charge is 0.265 e. The van der Waals surface area contributed by atoms with Crippen molar-refractivity contribution in [2.24, 2.45) is 0 Å². The van der Waals surface area contributed by atoms with E-state index < -0.39 is 20.5 Å². The van der Waals surface area contributed by atoms with Crippen molar-refractivity contribution >= 4 is 27.5 Å². The molecule has 2 fully saturated rings. The lowest BCUT2D eigenvalue weighted by atomic mass is 9.95. The Morgan fingerprint density at radius 2 is 1.83 bits per heavy atom. The van der Waals surface area contributed by atoms with Gasteiger partial charge >= 0.3 is 0 Å². The van der Waals surface area contributed by atoms with Crippen molar-refractivity contribution in [3.63, 3.8) is 0 Å². The Bertz CT molecular complexity index is 848. The molecule has 0 atom stereocenters. The molecule has 0 unspecified atom stereocenters. The molecule has 8 heteroatoms. The maximum absolute atomic E-state index is 13.4. The van der Waals surface area contributed by atoms with Gasteiger partial charge in [0.2, 0.25) is 0 Å². The molecule has 1 amide bonds. The van der Waals surface area contributed by atoms with Gasteiger partial charge in [0.1, 0.15) is 0 Å². The summed E-state index contributed by atoms with van der Waals surface area (Å²) in [5, 5.41) is 9.83. The minimum absolute atomic E-state index is 0.0853. The molecule has 1 aromatic rings. The SMILES string of the molecule is C#CCN1CCC(C(=O)NO)(S(=O)(=O)c2ccc(SC3CCCCC3)cc2)CC1. The molecule has 1 aromatic carbocycles. The van der Waals surface area contributed by atoms with Crippen LogP contribution in [0.3, 0.4) is 0 Å². The number of amides is 1. The topological polar surface area (TPSA) is 86.7 Å². The zero-order valence-corrected chi connectivity index (χ0v) is 18.1. The number of hydrogen-bond donors (Lipinski definition) is 2. The molecule has 1 aliphatic carbocycles. The quantitative estimate of drug-likeness (QED) is 0.405. The van der Waals surface area contributed by atoms with Crippen LogP contribution in [0.25, 0.3) is 0 Å². The van der Waals surface area contributed by atoms with E-state index in [2.05, 4.69) is 5.92 Å². The number of rotatable bonds is 6. The Morgan fingerprint density at radius 3 is 2.38 bits per heavy atom. The second-order valence-electron chi connectivity index (χ2n) is 7.77. The number of carbonyl (C=O) groups excluding carboxylic acids is 1. The summed E-state index contributed by atoms with van der Waals surface area (Å²) < 4.78 is 25.2. The van der Waals surface area contributed by atoms with Gasteiger partial charge in [-0.1, -0.05) is 25.2 Å². The van der Waals surface area contributed by atoms with E-state index in [1.807, 2.05) is 17.0 Å². The van der Waals surface area contributed by atoms with E-state index in [4.69, 9.17) is 6.42 Å². The molecule has 1 heterocycles. The Balaban J connectivity index is 1.81. The summed E-state index contributed by atoms with van der Waals surface area (Å²) in [4.78, 5) is 15.6. The number of likely N-dealkylation sites (tertiary alicyclic amines) is 1. The van der Waals surface area contributed by atoms with Crippen LogP contribution in [0.15, 0.2) is 34.1 Å². The summed E-state index contributed by atoms with van der Waals surface area (Å²) in [7, 11) is -3.98. The predicted molar refractivity (Wildman–Crippen MR) is 114 cm³/mol. The van der Waals surface area contributed by atoms with Gasteiger partial charge < -0.3 is 0 Å². The highest BCUT2D eigenvalue weighted by molar-refractivity contribution is 8.00. The molecular formula is C21H28N2O4S2. The molecule has 158 valence electrons. The molecule has 6 nitrogen and oxygen atoms in total. The fraction of sp³-hybridized carbons (Fsp3) is 0.571. The lowest BCUT2D eigenvalue weighted by Gasteiger charge is -2.38. The summed E-state index contributed by atoms with van der Waals surface area (Å²) in [6.45, 7) is 1.17. The van der Waals surface area contributed by atoms with Gasteiger partial charge in [0.25, 0.3) is 5.91 Å². The molecule has 2 N–H and O–H groups in total. The summed E-state index contributed by atoms with van der Waals surface area (Å²) in [5.41, 5.74) is 1.58. The maximum Gasteiger partial charge on any atom is 0.265 e. The van der Waals surface area contributed by atoms with Gasteiger partial charge in [-0.25, -0.2) is 13.9 Å². The van der Waals surface area contributed by atoms with Crippen molar-refractivity contribution in [2.75, 3.05) is 19.6 Å². The van der Waals surface area contributed by atoms with Crippen LogP contribution in [0.1, 0.15) is 44.9 Å². The molecule has 0 spiro atoms. The van der Waals surface area contributed by atoms with Crippen LogP contribution in [0, 0.1) is 12.3 Å². The van der Waals surface area contributed by atoms with Crippen LogP contribution in [0.4, 0.5) is 0 Å². The standard InChI is InChI=1S/C21H28N2O4S2/c1-2-14-23-15-12-21(13-16-23,20(24)22-25)29(26,27)19-10-8-18(9-11-19)28-17-6-4-3-5-7-17/h1,8-11,17,25H,3-7,12-16H2,(H,22,24). The Morgan fingerprint density at radius 1 is 1.21 bits per heavy atom. The van der Waals surface area contributed by atoms with Crippen molar-refractivity contribution in [1.82, 2.24) is 10.4 Å². The average molecular weight is 437 g/mol. The highest BCUT2D eigenvalue weighted by Gasteiger charge is 2.52. The second kappa shape index (κ2) is 9.52. The number of terminal acetylenes is 1. The minimum atomic E-state index is -3.98. The zero-order chi connectivity index (χ0) is 20.9. The Hall–Kier alpha value is -1.53. The lowest BCUT2D eigenvalue weighted by Crippen LogP contribution is -2.57. The predicted octanol–water partition coefficient (Wildman–Crippen LogP) is 2.86. The highest BCUT2D eigenvalue weighted by atomic mass is 32.2. The van der Waals surface area contributed by atoms with Crippen molar-refractivity contribution in [1.29, 1.82) is 0 Å². The number of hydrogen-bond acceptors (Lipinski definition) is 6. The fourth-order valence-corrected chi connectivity index (χ4v) is 7.42. The van der Waals surface area contributed by atoms with Crippen LogP contribution in [0.2, 0.25) is 0 Å². The number of carbonyl (C=O) groups is 1. The summed E-state index contributed by atoms with van der Waals surface area (Å²) in [5.74, 6) is 1.67. The monoisotopic (exact) mass is 436 g/mol. The van der Waals surface area contributed by atoms with Gasteiger partial charge in [0, 0.05) is 23.2 Å². The normalized spacial score (nSPS) is 20.7. The Kier molecular flexibility index (Phi) is 7.28. The third kappa shape index (κ3) is 4.64. The van der Waals surface area contributed by atoms with E-state index in [1.165, 1.54) is 32.1 Å². The number of benzene rings is 1. The summed E-state index contributed by atoms with van der Waals surface area (Å²) >= 11 is 1.80. The van der Waals surface area contributed by atoms with Crippen molar-refractivity contribution in [3.8, 4) is 12.3 Å². The van der Waals surface area contributed by atoms with Gasteiger partial charge in [-0.2, -0.15) is 0 Å². The highest BCUT2D eigenvalue weighted by Crippen LogP contribution is 2.38. The second-order valence-corrected chi connectivity index (χ2v) is 11.4. The molecular weight excluding hydrogens is 408 g/mol. The molecule has 29 heavy (non-hydrogen) atoms. The van der Waals surface area contributed by atoms with Gasteiger partial charge in [0.05, 0.1) is 11.4 Å². The maximum atomic E-state index is 13.4. The zero-order valence-electron chi connectivity index (χ0n) is 16.5. The van der Waals surface area contributed by atoms with E-state index in [-0.39, 0.29) is 17.7 Å². The number of hydroxylamine groups is 1. The Labute approximate surface area is 177 Å². The largest absolute Gasteiger partial charge is 0.292 e. The first-order valence-electron chi connectivity index (χ1n) is 10.0. The first-order valence-corrected chi connectivity index (χ1v) is 12.4. The van der Waals surface area contributed by atoms with E-state index in [0.717, 1.165) is 4.90 Å². The van der Waals surface area contributed by atoms with Crippen molar-refractivity contribution in [3.05, 3.63) is 24.3 Å². The van der Waals surface area contributed by atoms with Crippen LogP contribution in [-0.2, 0) is 14.6 Å². The molecule has 1 saturated carbocycles. The number of thioether (sulfide) groups is 1. The van der Waals surface area contributed by atoms with Crippen LogP contribution >= 0.6 is 11.8 Å². The first-order chi connectivity index (χ1) is 13.9. The average Bonchev–Trinajstić information content (AvgIpc) is 2.75. The van der Waals surface area contributed by atoms with Crippen molar-refractivity contribution < 1.29 is 18.4 Å². The lowest BCUT2D eigenvalue weighted by molar-refractivity contribution is -0.133. The van der Waals surface area contributed by atoms with Gasteiger partial charge in [-0.15, -0.1) is 18.2 Å². The number of sulfone groups is 1. The number of nitrogens with zero attached hydrogens (tertiary/aromatic N) is 1. The van der Waals surface area contributed by atoms with Gasteiger partial charge in [0.15, 0.2) is 14.6 Å². The number of nitrogens with one attached hydrogen (secondary N) is 1. The molecule has 0 bridgehead atoms. The molecule has 0 radical (unpaired) electrons. The number of piperidine rings is 1. The van der Waals surface area contributed by atoms with Crippen LogP contribution in [0.5, 0.6) is 0 Å². The molecule has 1 aliphatic heterocycles. The molecule has 3 rings (SSSR count). The van der Waals surface area contributed by atoms with Gasteiger partial charge in [-0.3, -0.25) is 14.9 Å². The van der Waals surface area contributed by atoms with Crippen molar-refractivity contribution in [2.45, 2.75) is 64.7 Å². The minimum Gasteiger partial charge on any atom is -0.292 e. The van der Waals surface area contributed by atoms with E-state index in [0.29, 0.717) is 24.9 Å². The van der Waals surface area contributed by atoms with Crippen LogP contribution in [-0.4, -0.2) is 54.1 Å². The summed E-state index contributed by atoms with van der Waals surface area (Å²) in [6.07, 6.45) is 11.7. The fourth-order valence-electron chi connectivity index (χ4n) is 4.22. The molecule has 2 aliphatic rings.